The fourth-order valence-corrected chi connectivity index (χ4v) is 3.75. The second kappa shape index (κ2) is 6.97. The molecule has 4 rings (SSSR count). The Kier molecular flexibility index (Phi) is 4.53. The van der Waals surface area contributed by atoms with E-state index in [2.05, 4.69) is 9.88 Å². The highest BCUT2D eigenvalue weighted by molar-refractivity contribution is 5.94. The summed E-state index contributed by atoms with van der Waals surface area (Å²) in [6.45, 7) is 5.10. The minimum atomic E-state index is -0.577. The molecule has 0 aliphatic carbocycles. The second-order valence-electron chi connectivity index (χ2n) is 6.88. The van der Waals surface area contributed by atoms with Crippen molar-refractivity contribution in [3.05, 3.63) is 46.8 Å². The van der Waals surface area contributed by atoms with Crippen molar-refractivity contribution in [2.75, 3.05) is 31.1 Å². The van der Waals surface area contributed by atoms with Crippen molar-refractivity contribution in [1.82, 2.24) is 19.9 Å². The summed E-state index contributed by atoms with van der Waals surface area (Å²) < 4.78 is 13.9. The lowest BCUT2D eigenvalue weighted by Gasteiger charge is -2.20. The number of nitrogens with zero attached hydrogens (tertiary/aromatic N) is 5. The molecule has 0 atom stereocenters. The number of hydrogen-bond donors (Lipinski definition) is 0. The predicted octanol–water partition coefficient (Wildman–Crippen LogP) is 2.16. The standard InChI is InChI=1S/C19H22FN5O/c1-13-14-5-10-24(18(26)15-4-7-21-12-16(15)20)11-6-17(14)23-19(22-13)25-8-2-3-9-25/h4,7,12H,2-3,5-6,8-11H2,1H3. The molecule has 0 bridgehead atoms. The average Bonchev–Trinajstić information content (AvgIpc) is 3.09. The van der Waals surface area contributed by atoms with Gasteiger partial charge in [0.25, 0.3) is 5.91 Å². The summed E-state index contributed by atoms with van der Waals surface area (Å²) in [5.74, 6) is -0.0617. The minimum absolute atomic E-state index is 0.0755. The first kappa shape index (κ1) is 16.9. The highest BCUT2D eigenvalue weighted by Crippen LogP contribution is 2.23. The molecule has 0 radical (unpaired) electrons. The number of carbonyl (C=O) groups is 1. The lowest BCUT2D eigenvalue weighted by Crippen LogP contribution is -2.33. The summed E-state index contributed by atoms with van der Waals surface area (Å²) in [5, 5.41) is 0. The number of anilines is 1. The third-order valence-corrected chi connectivity index (χ3v) is 5.22. The van der Waals surface area contributed by atoms with Gasteiger partial charge in [-0.3, -0.25) is 9.78 Å². The van der Waals surface area contributed by atoms with Gasteiger partial charge in [0.15, 0.2) is 5.82 Å². The number of aryl methyl sites for hydroxylation is 1. The molecule has 2 aliphatic heterocycles. The van der Waals surface area contributed by atoms with Gasteiger partial charge in [0.05, 0.1) is 17.5 Å². The van der Waals surface area contributed by atoms with Crippen LogP contribution in [-0.2, 0) is 12.8 Å². The quantitative estimate of drug-likeness (QED) is 0.826. The molecular formula is C19H22FN5O. The van der Waals surface area contributed by atoms with Gasteiger partial charge in [-0.2, -0.15) is 0 Å². The van der Waals surface area contributed by atoms with Crippen molar-refractivity contribution in [2.45, 2.75) is 32.6 Å². The second-order valence-corrected chi connectivity index (χ2v) is 6.88. The first-order valence-corrected chi connectivity index (χ1v) is 9.13. The van der Waals surface area contributed by atoms with Crippen LogP contribution in [0.1, 0.15) is 40.2 Å². The van der Waals surface area contributed by atoms with Crippen LogP contribution in [0.3, 0.4) is 0 Å². The number of fused-ring (bicyclic) bond motifs is 1. The van der Waals surface area contributed by atoms with Crippen molar-refractivity contribution in [1.29, 1.82) is 0 Å². The largest absolute Gasteiger partial charge is 0.341 e. The molecule has 0 saturated carbocycles. The van der Waals surface area contributed by atoms with Crippen LogP contribution in [0.15, 0.2) is 18.5 Å². The molecule has 4 heterocycles. The Hall–Kier alpha value is -2.57. The summed E-state index contributed by atoms with van der Waals surface area (Å²) in [6, 6.07) is 1.44. The van der Waals surface area contributed by atoms with Crippen LogP contribution in [0.2, 0.25) is 0 Å². The molecule has 0 spiro atoms. The number of hydrogen-bond acceptors (Lipinski definition) is 5. The monoisotopic (exact) mass is 355 g/mol. The van der Waals surface area contributed by atoms with Gasteiger partial charge < -0.3 is 9.80 Å². The van der Waals surface area contributed by atoms with E-state index in [1.807, 2.05) is 6.92 Å². The van der Waals surface area contributed by atoms with Crippen LogP contribution in [0, 0.1) is 12.7 Å². The van der Waals surface area contributed by atoms with E-state index >= 15 is 0 Å². The number of halogens is 1. The molecular weight excluding hydrogens is 333 g/mol. The first-order chi connectivity index (χ1) is 12.6. The molecule has 1 fully saturated rings. The van der Waals surface area contributed by atoms with Gasteiger partial charge in [-0.25, -0.2) is 14.4 Å². The molecule has 1 saturated heterocycles. The van der Waals surface area contributed by atoms with E-state index in [-0.39, 0.29) is 11.5 Å². The molecule has 2 aromatic heterocycles. The number of carbonyl (C=O) groups excluding carboxylic acids is 1. The minimum Gasteiger partial charge on any atom is -0.341 e. The van der Waals surface area contributed by atoms with Gasteiger partial charge in [-0.1, -0.05) is 0 Å². The smallest absolute Gasteiger partial charge is 0.256 e. The molecule has 136 valence electrons. The van der Waals surface area contributed by atoms with Crippen molar-refractivity contribution in [2.24, 2.45) is 0 Å². The van der Waals surface area contributed by atoms with E-state index in [0.29, 0.717) is 25.9 Å². The normalized spacial score (nSPS) is 17.2. The van der Waals surface area contributed by atoms with Crippen LogP contribution in [0.25, 0.3) is 0 Å². The Morgan fingerprint density at radius 2 is 1.88 bits per heavy atom. The van der Waals surface area contributed by atoms with Gasteiger partial charge in [0.1, 0.15) is 0 Å². The van der Waals surface area contributed by atoms with Gasteiger partial charge in [-0.05, 0) is 37.8 Å². The average molecular weight is 355 g/mol. The summed E-state index contributed by atoms with van der Waals surface area (Å²) >= 11 is 0. The first-order valence-electron chi connectivity index (χ1n) is 9.13. The maximum absolute atomic E-state index is 13.9. The van der Waals surface area contributed by atoms with E-state index in [9.17, 15) is 9.18 Å². The lowest BCUT2D eigenvalue weighted by molar-refractivity contribution is 0.0758. The zero-order chi connectivity index (χ0) is 18.1. The molecule has 0 unspecified atom stereocenters. The highest BCUT2D eigenvalue weighted by Gasteiger charge is 2.25. The number of aromatic nitrogens is 3. The Labute approximate surface area is 152 Å². The van der Waals surface area contributed by atoms with Crippen molar-refractivity contribution >= 4 is 11.9 Å². The van der Waals surface area contributed by atoms with Crippen molar-refractivity contribution in [3.8, 4) is 0 Å². The molecule has 2 aromatic rings. The number of amides is 1. The highest BCUT2D eigenvalue weighted by atomic mass is 19.1. The van der Waals surface area contributed by atoms with E-state index in [1.165, 1.54) is 25.1 Å². The summed E-state index contributed by atoms with van der Waals surface area (Å²) in [6.07, 6.45) is 6.25. The zero-order valence-corrected chi connectivity index (χ0v) is 14.9. The van der Waals surface area contributed by atoms with E-state index in [4.69, 9.17) is 9.97 Å². The van der Waals surface area contributed by atoms with Gasteiger partial charge in [-0.15, -0.1) is 0 Å². The van der Waals surface area contributed by atoms with Crippen LogP contribution >= 0.6 is 0 Å². The van der Waals surface area contributed by atoms with Gasteiger partial charge in [0.2, 0.25) is 5.95 Å². The Morgan fingerprint density at radius 1 is 1.12 bits per heavy atom. The van der Waals surface area contributed by atoms with Crippen LogP contribution in [0.5, 0.6) is 0 Å². The summed E-state index contributed by atoms with van der Waals surface area (Å²) in [4.78, 5) is 29.8. The lowest BCUT2D eigenvalue weighted by atomic mass is 10.1. The van der Waals surface area contributed by atoms with Gasteiger partial charge in [0, 0.05) is 44.5 Å². The van der Waals surface area contributed by atoms with Crippen LogP contribution < -0.4 is 4.90 Å². The Bertz CT molecular complexity index is 835. The topological polar surface area (TPSA) is 62.2 Å². The fraction of sp³-hybridized carbons (Fsp3) is 0.474. The van der Waals surface area contributed by atoms with E-state index < -0.39 is 5.82 Å². The zero-order valence-electron chi connectivity index (χ0n) is 14.9. The third-order valence-electron chi connectivity index (χ3n) is 5.22. The molecule has 0 N–H and O–H groups in total. The van der Waals surface area contributed by atoms with E-state index in [0.717, 1.165) is 42.2 Å². The third kappa shape index (κ3) is 3.13. The number of rotatable bonds is 2. The molecule has 6 nitrogen and oxygen atoms in total. The molecule has 2 aliphatic rings. The predicted molar refractivity (Wildman–Crippen MR) is 95.7 cm³/mol. The summed E-state index contributed by atoms with van der Waals surface area (Å²) in [5.41, 5.74) is 3.20. The van der Waals surface area contributed by atoms with Gasteiger partial charge >= 0.3 is 0 Å². The fourth-order valence-electron chi connectivity index (χ4n) is 3.75. The van der Waals surface area contributed by atoms with E-state index in [1.54, 1.807) is 4.90 Å². The van der Waals surface area contributed by atoms with Crippen LogP contribution in [-0.4, -0.2) is 51.9 Å². The number of pyridine rings is 1. The Morgan fingerprint density at radius 3 is 2.65 bits per heavy atom. The Balaban J connectivity index is 1.56. The maximum atomic E-state index is 13.9. The van der Waals surface area contributed by atoms with Crippen molar-refractivity contribution in [3.63, 3.8) is 0 Å². The SMILES string of the molecule is Cc1nc(N2CCCC2)nc2c1CCN(C(=O)c1ccncc1F)CC2. The molecule has 26 heavy (non-hydrogen) atoms. The molecule has 1 amide bonds. The molecule has 0 aromatic carbocycles. The molecule has 7 heteroatoms. The van der Waals surface area contributed by atoms with Crippen LogP contribution in [0.4, 0.5) is 10.3 Å². The summed E-state index contributed by atoms with van der Waals surface area (Å²) in [7, 11) is 0. The van der Waals surface area contributed by atoms with Crippen molar-refractivity contribution < 1.29 is 9.18 Å². The maximum Gasteiger partial charge on any atom is 0.256 e.